The van der Waals surface area contributed by atoms with E-state index >= 15 is 0 Å². The fraction of sp³-hybridized carbons (Fsp3) is 0.571. The molecular formula is C14H20ClNO2S. The molecule has 0 radical (unpaired) electrons. The summed E-state index contributed by atoms with van der Waals surface area (Å²) in [6.45, 7) is 0. The first-order valence-corrected chi connectivity index (χ1v) is 8.69. The molecule has 1 aromatic carbocycles. The minimum absolute atomic E-state index is 0.263. The largest absolute Gasteiger partial charge is 0.327 e. The quantitative estimate of drug-likeness (QED) is 0.912. The Kier molecular flexibility index (Phi) is 4.87. The first-order chi connectivity index (χ1) is 9.01. The molecule has 2 atom stereocenters. The Balaban J connectivity index is 2.28. The van der Waals surface area contributed by atoms with Crippen LogP contribution in [0.4, 0.5) is 0 Å². The molecule has 2 N–H and O–H groups in total. The van der Waals surface area contributed by atoms with E-state index in [4.69, 9.17) is 17.3 Å². The normalized spacial score (nSPS) is 25.6. The van der Waals surface area contributed by atoms with Crippen LogP contribution in [0.15, 0.2) is 29.2 Å². The second kappa shape index (κ2) is 6.25. The number of hydrogen-bond donors (Lipinski definition) is 1. The monoisotopic (exact) mass is 301 g/mol. The summed E-state index contributed by atoms with van der Waals surface area (Å²) in [5.74, 6) is 0. The number of nitrogens with two attached hydrogens (primary N) is 1. The number of hydrogen-bond acceptors (Lipinski definition) is 3. The van der Waals surface area contributed by atoms with Crippen molar-refractivity contribution in [2.45, 2.75) is 54.7 Å². The number of halogens is 1. The number of sulfone groups is 1. The average Bonchev–Trinajstić information content (AvgIpc) is 2.34. The van der Waals surface area contributed by atoms with Gasteiger partial charge in [-0.1, -0.05) is 37.3 Å². The van der Waals surface area contributed by atoms with Crippen molar-refractivity contribution in [3.63, 3.8) is 0 Å². The van der Waals surface area contributed by atoms with Crippen molar-refractivity contribution in [2.24, 2.45) is 5.73 Å². The van der Waals surface area contributed by atoms with E-state index in [2.05, 4.69) is 0 Å². The molecule has 5 heteroatoms. The van der Waals surface area contributed by atoms with Gasteiger partial charge in [-0.15, -0.1) is 0 Å². The Bertz CT molecular complexity index is 513. The van der Waals surface area contributed by atoms with Gasteiger partial charge in [-0.2, -0.15) is 0 Å². The molecular weight excluding hydrogens is 282 g/mol. The van der Waals surface area contributed by atoms with Crippen molar-refractivity contribution in [3.05, 3.63) is 29.3 Å². The summed E-state index contributed by atoms with van der Waals surface area (Å²) >= 11 is 5.80. The van der Waals surface area contributed by atoms with Crippen LogP contribution in [0.2, 0.25) is 5.02 Å². The summed E-state index contributed by atoms with van der Waals surface area (Å²) < 4.78 is 25.3. The molecule has 0 heterocycles. The van der Waals surface area contributed by atoms with Crippen molar-refractivity contribution in [2.75, 3.05) is 0 Å². The molecule has 0 aromatic heterocycles. The SMILES string of the molecule is NC1CCCCCCC1S(=O)(=O)c1ccc(Cl)cc1. The van der Waals surface area contributed by atoms with E-state index in [1.807, 2.05) is 0 Å². The fourth-order valence-electron chi connectivity index (χ4n) is 2.66. The summed E-state index contributed by atoms with van der Waals surface area (Å²) in [6.07, 6.45) is 5.66. The zero-order valence-corrected chi connectivity index (χ0v) is 12.5. The van der Waals surface area contributed by atoms with E-state index in [0.29, 0.717) is 16.3 Å². The summed E-state index contributed by atoms with van der Waals surface area (Å²) in [4.78, 5) is 0.331. The van der Waals surface area contributed by atoms with E-state index in [9.17, 15) is 8.42 Å². The summed E-state index contributed by atoms with van der Waals surface area (Å²) in [5.41, 5.74) is 6.10. The van der Waals surface area contributed by atoms with Crippen molar-refractivity contribution in [1.82, 2.24) is 0 Å². The Morgan fingerprint density at radius 1 is 1.00 bits per heavy atom. The van der Waals surface area contributed by atoms with Crippen LogP contribution in [0, 0.1) is 0 Å². The minimum Gasteiger partial charge on any atom is -0.327 e. The zero-order valence-electron chi connectivity index (χ0n) is 10.9. The van der Waals surface area contributed by atoms with Gasteiger partial charge in [0.2, 0.25) is 0 Å². The molecule has 3 nitrogen and oxygen atoms in total. The lowest BCUT2D eigenvalue weighted by Crippen LogP contribution is -2.41. The molecule has 106 valence electrons. The molecule has 1 fully saturated rings. The fourth-order valence-corrected chi connectivity index (χ4v) is 4.73. The molecule has 0 saturated heterocycles. The van der Waals surface area contributed by atoms with E-state index in [1.165, 1.54) is 0 Å². The van der Waals surface area contributed by atoms with Crippen LogP contribution in [0.25, 0.3) is 0 Å². The van der Waals surface area contributed by atoms with Gasteiger partial charge < -0.3 is 5.73 Å². The van der Waals surface area contributed by atoms with Gasteiger partial charge in [-0.25, -0.2) is 8.42 Å². The third-order valence-electron chi connectivity index (χ3n) is 3.79. The maximum atomic E-state index is 12.7. The molecule has 2 rings (SSSR count). The summed E-state index contributed by atoms with van der Waals surface area (Å²) in [6, 6.07) is 6.11. The van der Waals surface area contributed by atoms with Crippen LogP contribution in [0.1, 0.15) is 38.5 Å². The van der Waals surface area contributed by atoms with E-state index < -0.39 is 15.1 Å². The van der Waals surface area contributed by atoms with Crippen LogP contribution in [0.3, 0.4) is 0 Å². The topological polar surface area (TPSA) is 60.2 Å². The molecule has 1 aromatic rings. The molecule has 1 aliphatic carbocycles. The van der Waals surface area contributed by atoms with Gasteiger partial charge in [0.05, 0.1) is 10.1 Å². The standard InChI is InChI=1S/C14H20ClNO2S/c15-11-7-9-12(10-8-11)19(17,18)14-6-4-2-1-3-5-13(14)16/h7-10,13-14H,1-6,16H2. The van der Waals surface area contributed by atoms with Crippen molar-refractivity contribution in [1.29, 1.82) is 0 Å². The maximum absolute atomic E-state index is 12.7. The minimum atomic E-state index is -3.35. The molecule has 2 unspecified atom stereocenters. The predicted molar refractivity (Wildman–Crippen MR) is 78.1 cm³/mol. The lowest BCUT2D eigenvalue weighted by atomic mass is 9.97. The highest BCUT2D eigenvalue weighted by Crippen LogP contribution is 2.27. The highest BCUT2D eigenvalue weighted by Gasteiger charge is 2.32. The molecule has 0 spiro atoms. The molecule has 0 amide bonds. The predicted octanol–water partition coefficient (Wildman–Crippen LogP) is 3.16. The first kappa shape index (κ1) is 14.8. The van der Waals surface area contributed by atoms with Gasteiger partial charge in [-0.3, -0.25) is 0 Å². The van der Waals surface area contributed by atoms with Gasteiger partial charge in [0.15, 0.2) is 9.84 Å². The Labute approximate surface area is 120 Å². The molecule has 0 aliphatic heterocycles. The van der Waals surface area contributed by atoms with Crippen LogP contribution in [0.5, 0.6) is 0 Å². The van der Waals surface area contributed by atoms with E-state index in [-0.39, 0.29) is 6.04 Å². The van der Waals surface area contributed by atoms with Crippen LogP contribution in [-0.4, -0.2) is 19.7 Å². The molecule has 1 saturated carbocycles. The molecule has 19 heavy (non-hydrogen) atoms. The lowest BCUT2D eigenvalue weighted by molar-refractivity contribution is 0.444. The van der Waals surface area contributed by atoms with E-state index in [1.54, 1.807) is 24.3 Å². The second-order valence-corrected chi connectivity index (χ2v) is 7.80. The van der Waals surface area contributed by atoms with Gasteiger partial charge in [0.25, 0.3) is 0 Å². The Morgan fingerprint density at radius 2 is 1.58 bits per heavy atom. The van der Waals surface area contributed by atoms with E-state index in [0.717, 1.165) is 32.1 Å². The third-order valence-corrected chi connectivity index (χ3v) is 6.36. The molecule has 0 bridgehead atoms. The summed E-state index contributed by atoms with van der Waals surface area (Å²) in [7, 11) is -3.35. The highest BCUT2D eigenvalue weighted by atomic mass is 35.5. The van der Waals surface area contributed by atoms with Crippen LogP contribution < -0.4 is 5.73 Å². The Morgan fingerprint density at radius 3 is 2.21 bits per heavy atom. The summed E-state index contributed by atoms with van der Waals surface area (Å²) in [5, 5.41) is 0.0786. The second-order valence-electron chi connectivity index (χ2n) is 5.19. The third kappa shape index (κ3) is 3.50. The maximum Gasteiger partial charge on any atom is 0.182 e. The van der Waals surface area contributed by atoms with Gasteiger partial charge in [0.1, 0.15) is 0 Å². The van der Waals surface area contributed by atoms with Crippen LogP contribution >= 0.6 is 11.6 Å². The van der Waals surface area contributed by atoms with Crippen molar-refractivity contribution < 1.29 is 8.42 Å². The van der Waals surface area contributed by atoms with Crippen LogP contribution in [-0.2, 0) is 9.84 Å². The average molecular weight is 302 g/mol. The zero-order chi connectivity index (χ0) is 13.9. The van der Waals surface area contributed by atoms with Gasteiger partial charge >= 0.3 is 0 Å². The van der Waals surface area contributed by atoms with Gasteiger partial charge in [-0.05, 0) is 37.1 Å². The van der Waals surface area contributed by atoms with Crippen molar-refractivity contribution in [3.8, 4) is 0 Å². The smallest absolute Gasteiger partial charge is 0.182 e. The first-order valence-electron chi connectivity index (χ1n) is 6.77. The van der Waals surface area contributed by atoms with Crippen molar-refractivity contribution >= 4 is 21.4 Å². The van der Waals surface area contributed by atoms with Gasteiger partial charge in [0, 0.05) is 11.1 Å². The number of rotatable bonds is 2. The number of benzene rings is 1. The lowest BCUT2D eigenvalue weighted by Gasteiger charge is -2.26. The molecule has 1 aliphatic rings. The Hall–Kier alpha value is -0.580. The highest BCUT2D eigenvalue weighted by molar-refractivity contribution is 7.92.